The van der Waals surface area contributed by atoms with Crippen LogP contribution in [0.2, 0.25) is 0 Å². The van der Waals surface area contributed by atoms with E-state index in [1.165, 1.54) is 5.32 Å². The molecule has 96 valence electrons. The van der Waals surface area contributed by atoms with E-state index in [0.717, 1.165) is 0 Å². The quantitative estimate of drug-likeness (QED) is 0.465. The van der Waals surface area contributed by atoms with Gasteiger partial charge in [-0.1, -0.05) is 5.92 Å². The third-order valence-electron chi connectivity index (χ3n) is 1.90. The van der Waals surface area contributed by atoms with Crippen LogP contribution in [0.3, 0.4) is 0 Å². The topological polar surface area (TPSA) is 78.4 Å². The molecule has 1 amide bonds. The van der Waals surface area contributed by atoms with E-state index >= 15 is 0 Å². The third-order valence-corrected chi connectivity index (χ3v) is 1.90. The number of aliphatic carboxylic acids is 1. The zero-order valence-electron chi connectivity index (χ0n) is 8.89. The molecule has 8 heteroatoms. The Hall–Kier alpha value is -1.75. The molecule has 0 rings (SSSR count). The minimum absolute atomic E-state index is 0.0107. The van der Waals surface area contributed by atoms with Crippen LogP contribution in [0.4, 0.5) is 13.2 Å². The van der Waals surface area contributed by atoms with Crippen LogP contribution in [-0.4, -0.2) is 41.8 Å². The van der Waals surface area contributed by atoms with Crippen molar-refractivity contribution >= 4 is 11.9 Å². The summed E-state index contributed by atoms with van der Waals surface area (Å²) in [6.45, 7) is -0.138. The predicted octanol–water partition coefficient (Wildman–Crippen LogP) is -0.269. The molecule has 0 saturated carbocycles. The fourth-order valence-corrected chi connectivity index (χ4v) is 0.817. The molecule has 0 aromatic carbocycles. The number of amides is 1. The van der Waals surface area contributed by atoms with Crippen LogP contribution in [-0.2, 0) is 9.59 Å². The second-order valence-corrected chi connectivity index (χ2v) is 3.28. The minimum atomic E-state index is -5.10. The zero-order valence-corrected chi connectivity index (χ0v) is 8.89. The second-order valence-electron chi connectivity index (χ2n) is 3.28. The minimum Gasteiger partial charge on any atom is -0.479 e. The van der Waals surface area contributed by atoms with Crippen molar-refractivity contribution in [1.29, 1.82) is 0 Å². The van der Waals surface area contributed by atoms with Crippen LogP contribution in [0.5, 0.6) is 0 Å². The highest BCUT2D eigenvalue weighted by Gasteiger charge is 2.58. The molecule has 0 aliphatic heterocycles. The molecule has 0 aliphatic rings. The number of terminal acetylenes is 1. The Bertz CT molecular complexity index is 348. The molecule has 0 aromatic heterocycles. The summed E-state index contributed by atoms with van der Waals surface area (Å²) < 4.78 is 37.4. The van der Waals surface area contributed by atoms with Crippen molar-refractivity contribution < 1.29 is 27.9 Å². The fraction of sp³-hybridized carbons (Fsp3) is 0.556. The molecule has 1 unspecified atom stereocenters. The van der Waals surface area contributed by atoms with Gasteiger partial charge in [0, 0.05) is 0 Å². The van der Waals surface area contributed by atoms with Gasteiger partial charge in [0.25, 0.3) is 0 Å². The third kappa shape index (κ3) is 3.96. The van der Waals surface area contributed by atoms with Gasteiger partial charge < -0.3 is 10.4 Å². The lowest BCUT2D eigenvalue weighted by Crippen LogP contribution is -2.63. The van der Waals surface area contributed by atoms with Crippen LogP contribution in [0.25, 0.3) is 0 Å². The van der Waals surface area contributed by atoms with Crippen molar-refractivity contribution in [2.75, 3.05) is 13.1 Å². The van der Waals surface area contributed by atoms with Crippen LogP contribution in [0.15, 0.2) is 0 Å². The molecule has 0 fully saturated rings. The first-order valence-electron chi connectivity index (χ1n) is 4.40. The fourth-order valence-electron chi connectivity index (χ4n) is 0.817. The molecule has 1 atom stereocenters. The number of carboxylic acid groups (broad SMARTS) is 1. The Morgan fingerprint density at radius 3 is 2.29 bits per heavy atom. The molecule has 5 nitrogen and oxygen atoms in total. The van der Waals surface area contributed by atoms with Crippen molar-refractivity contribution in [1.82, 2.24) is 10.6 Å². The number of carbonyl (C=O) groups excluding carboxylic acids is 1. The lowest BCUT2D eigenvalue weighted by atomic mass is 10.0. The van der Waals surface area contributed by atoms with Crippen molar-refractivity contribution in [2.45, 2.75) is 18.6 Å². The highest BCUT2D eigenvalue weighted by molar-refractivity contribution is 5.88. The van der Waals surface area contributed by atoms with Gasteiger partial charge in [-0.2, -0.15) is 13.2 Å². The van der Waals surface area contributed by atoms with Gasteiger partial charge in [0.05, 0.1) is 13.1 Å². The Morgan fingerprint density at radius 2 is 1.94 bits per heavy atom. The van der Waals surface area contributed by atoms with Crippen molar-refractivity contribution in [3.8, 4) is 12.3 Å². The molecule has 0 saturated heterocycles. The van der Waals surface area contributed by atoms with Crippen molar-refractivity contribution in [3.63, 3.8) is 0 Å². The molecular weight excluding hydrogens is 241 g/mol. The molecule has 0 aromatic rings. The Kier molecular flexibility index (Phi) is 4.97. The summed E-state index contributed by atoms with van der Waals surface area (Å²) in [6, 6.07) is 0. The highest BCUT2D eigenvalue weighted by atomic mass is 19.4. The molecule has 0 bridgehead atoms. The first-order valence-corrected chi connectivity index (χ1v) is 4.40. The number of halogens is 3. The Balaban J connectivity index is 4.64. The summed E-state index contributed by atoms with van der Waals surface area (Å²) >= 11 is 0. The first kappa shape index (κ1) is 15.2. The molecule has 0 heterocycles. The van der Waals surface area contributed by atoms with E-state index in [4.69, 9.17) is 11.5 Å². The van der Waals surface area contributed by atoms with Gasteiger partial charge in [-0.15, -0.1) is 6.42 Å². The lowest BCUT2D eigenvalue weighted by Gasteiger charge is -2.28. The summed E-state index contributed by atoms with van der Waals surface area (Å²) in [5, 5.41) is 12.2. The van der Waals surface area contributed by atoms with Gasteiger partial charge in [0.1, 0.15) is 0 Å². The number of hydrogen-bond donors (Lipinski definition) is 3. The van der Waals surface area contributed by atoms with Gasteiger partial charge in [0.2, 0.25) is 11.4 Å². The van der Waals surface area contributed by atoms with E-state index in [9.17, 15) is 22.8 Å². The van der Waals surface area contributed by atoms with Crippen LogP contribution in [0, 0.1) is 12.3 Å². The first-order chi connectivity index (χ1) is 7.65. The molecule has 0 aliphatic carbocycles. The molecule has 0 radical (unpaired) electrons. The molecular formula is C9H11F3N2O3. The molecule has 0 spiro atoms. The summed E-state index contributed by atoms with van der Waals surface area (Å²) in [5.74, 6) is -1.18. The van der Waals surface area contributed by atoms with Gasteiger partial charge in [-0.05, 0) is 6.92 Å². The van der Waals surface area contributed by atoms with E-state index in [-0.39, 0.29) is 6.54 Å². The maximum Gasteiger partial charge on any atom is 0.422 e. The van der Waals surface area contributed by atoms with Gasteiger partial charge in [-0.25, -0.2) is 4.79 Å². The summed E-state index contributed by atoms with van der Waals surface area (Å²) in [5.41, 5.74) is -3.32. The maximum atomic E-state index is 12.5. The number of hydrogen-bond acceptors (Lipinski definition) is 3. The Labute approximate surface area is 95.4 Å². The number of alkyl halides is 3. The largest absolute Gasteiger partial charge is 0.479 e. The average Bonchev–Trinajstić information content (AvgIpc) is 2.15. The normalized spacial score (nSPS) is 14.5. The number of nitrogens with one attached hydrogen (secondary N) is 2. The summed E-state index contributed by atoms with van der Waals surface area (Å²) in [7, 11) is 0. The van der Waals surface area contributed by atoms with Crippen LogP contribution in [0.1, 0.15) is 6.92 Å². The number of rotatable bonds is 5. The van der Waals surface area contributed by atoms with E-state index in [2.05, 4.69) is 11.2 Å². The van der Waals surface area contributed by atoms with Crippen LogP contribution < -0.4 is 10.6 Å². The monoisotopic (exact) mass is 252 g/mol. The van der Waals surface area contributed by atoms with Gasteiger partial charge in [-0.3, -0.25) is 10.1 Å². The summed E-state index contributed by atoms with van der Waals surface area (Å²) in [4.78, 5) is 21.6. The van der Waals surface area contributed by atoms with E-state index in [0.29, 0.717) is 6.92 Å². The highest BCUT2D eigenvalue weighted by Crippen LogP contribution is 2.30. The molecule has 17 heavy (non-hydrogen) atoms. The summed E-state index contributed by atoms with van der Waals surface area (Å²) in [6.07, 6.45) is -0.255. The predicted molar refractivity (Wildman–Crippen MR) is 51.9 cm³/mol. The SMILES string of the molecule is C#CCNCC(=O)NC(C)(C(=O)O)C(F)(F)F. The van der Waals surface area contributed by atoms with Crippen LogP contribution >= 0.6 is 0 Å². The van der Waals surface area contributed by atoms with Crippen molar-refractivity contribution in [2.24, 2.45) is 0 Å². The second kappa shape index (κ2) is 5.54. The van der Waals surface area contributed by atoms with E-state index in [1.807, 2.05) is 0 Å². The van der Waals surface area contributed by atoms with Crippen molar-refractivity contribution in [3.05, 3.63) is 0 Å². The lowest BCUT2D eigenvalue weighted by molar-refractivity contribution is -0.206. The standard InChI is InChI=1S/C9H11F3N2O3/c1-3-4-13-5-6(15)14-8(2,7(16)17)9(10,11)12/h1,13H,4-5H2,2H3,(H,14,15)(H,16,17). The van der Waals surface area contributed by atoms with Gasteiger partial charge in [0.15, 0.2) is 0 Å². The van der Waals surface area contributed by atoms with Gasteiger partial charge >= 0.3 is 12.1 Å². The van der Waals surface area contributed by atoms with E-state index in [1.54, 1.807) is 0 Å². The zero-order chi connectivity index (χ0) is 13.7. The molecule has 3 N–H and O–H groups in total. The van der Waals surface area contributed by atoms with E-state index < -0.39 is 30.1 Å². The number of carbonyl (C=O) groups is 2. The number of carboxylic acids is 1. The maximum absolute atomic E-state index is 12.5. The smallest absolute Gasteiger partial charge is 0.422 e. The Morgan fingerprint density at radius 1 is 1.41 bits per heavy atom. The average molecular weight is 252 g/mol.